The molecule has 2 aliphatic rings. The molecule has 5 nitrogen and oxygen atoms in total. The molecule has 1 N–H and O–H groups in total. The molecule has 8 heteroatoms. The van der Waals surface area contributed by atoms with Crippen LogP contribution in [0, 0.1) is 11.6 Å². The average molecular weight is 421 g/mol. The Bertz CT molecular complexity index is 889. The maximum atomic E-state index is 14.3. The molecule has 4 rings (SSSR count). The molecule has 0 radical (unpaired) electrons. The summed E-state index contributed by atoms with van der Waals surface area (Å²) in [6.45, 7) is 2.69. The van der Waals surface area contributed by atoms with Crippen LogP contribution < -0.4 is 5.32 Å². The Morgan fingerprint density at radius 2 is 1.97 bits per heavy atom. The molecule has 1 aliphatic carbocycles. The molecule has 2 fully saturated rings. The number of halogens is 2. The molecule has 1 aromatic carbocycles. The number of hydrogen-bond acceptors (Lipinski definition) is 4. The van der Waals surface area contributed by atoms with E-state index in [1.165, 1.54) is 29.7 Å². The number of aryl methyl sites for hydroxylation is 1. The maximum Gasteiger partial charge on any atom is 0.255 e. The smallest absolute Gasteiger partial charge is 0.255 e. The molecule has 29 heavy (non-hydrogen) atoms. The number of aromatic nitrogens is 2. The molecule has 156 valence electrons. The summed E-state index contributed by atoms with van der Waals surface area (Å²) in [5.41, 5.74) is 0.679. The van der Waals surface area contributed by atoms with E-state index in [0.29, 0.717) is 12.1 Å². The summed E-state index contributed by atoms with van der Waals surface area (Å²) in [6, 6.07) is 3.32. The van der Waals surface area contributed by atoms with E-state index < -0.39 is 11.6 Å². The number of benzene rings is 1. The Balaban J connectivity index is 1.54. The van der Waals surface area contributed by atoms with Gasteiger partial charge in [-0.3, -0.25) is 14.4 Å². The largest absolute Gasteiger partial charge is 0.350 e. The minimum Gasteiger partial charge on any atom is -0.350 e. The summed E-state index contributed by atoms with van der Waals surface area (Å²) >= 11 is 1.98. The SMILES string of the molecule is Cn1cc(C(=O)NCC2(N3CCSCC3)CCCC2)c(-c2ccc(F)cc2F)n1. The fourth-order valence-electron chi connectivity index (χ4n) is 4.55. The maximum absolute atomic E-state index is 14.3. The van der Waals surface area contributed by atoms with E-state index in [-0.39, 0.29) is 22.7 Å². The van der Waals surface area contributed by atoms with Crippen molar-refractivity contribution in [2.45, 2.75) is 31.2 Å². The van der Waals surface area contributed by atoms with Crippen LogP contribution >= 0.6 is 11.8 Å². The van der Waals surface area contributed by atoms with Crippen LogP contribution in [0.2, 0.25) is 0 Å². The molecule has 1 amide bonds. The third-order valence-corrected chi connectivity index (χ3v) is 7.00. The summed E-state index contributed by atoms with van der Waals surface area (Å²) in [5, 5.41) is 7.36. The van der Waals surface area contributed by atoms with E-state index in [0.717, 1.165) is 43.5 Å². The highest BCUT2D eigenvalue weighted by molar-refractivity contribution is 7.99. The molecular formula is C21H26F2N4OS. The number of rotatable bonds is 5. The zero-order valence-electron chi connectivity index (χ0n) is 16.6. The van der Waals surface area contributed by atoms with E-state index in [4.69, 9.17) is 0 Å². The predicted molar refractivity (Wildman–Crippen MR) is 111 cm³/mol. The second-order valence-corrected chi connectivity index (χ2v) is 9.13. The molecule has 2 heterocycles. The van der Waals surface area contributed by atoms with Crippen LogP contribution in [0.15, 0.2) is 24.4 Å². The number of amides is 1. The van der Waals surface area contributed by atoms with Crippen molar-refractivity contribution < 1.29 is 13.6 Å². The van der Waals surface area contributed by atoms with Crippen LogP contribution in [0.3, 0.4) is 0 Å². The van der Waals surface area contributed by atoms with E-state index >= 15 is 0 Å². The number of hydrogen-bond donors (Lipinski definition) is 1. The number of carbonyl (C=O) groups is 1. The normalized spacial score (nSPS) is 19.4. The van der Waals surface area contributed by atoms with Crippen molar-refractivity contribution in [1.82, 2.24) is 20.0 Å². The fraction of sp³-hybridized carbons (Fsp3) is 0.524. The van der Waals surface area contributed by atoms with Gasteiger partial charge < -0.3 is 5.32 Å². The standard InChI is InChI=1S/C21H26F2N4OS/c1-26-13-17(19(25-26)16-5-4-15(22)12-18(16)23)20(28)24-14-21(6-2-3-7-21)27-8-10-29-11-9-27/h4-5,12-13H,2-3,6-11,14H2,1H3,(H,24,28). The van der Waals surface area contributed by atoms with Crippen LogP contribution in [0.1, 0.15) is 36.0 Å². The quantitative estimate of drug-likeness (QED) is 0.805. The Hall–Kier alpha value is -1.93. The van der Waals surface area contributed by atoms with Crippen LogP contribution in [-0.4, -0.2) is 57.3 Å². The molecule has 1 aromatic heterocycles. The van der Waals surface area contributed by atoms with Crippen molar-refractivity contribution >= 4 is 17.7 Å². The lowest BCUT2D eigenvalue weighted by Crippen LogP contribution is -2.56. The zero-order chi connectivity index (χ0) is 20.4. The first-order chi connectivity index (χ1) is 14.0. The Kier molecular flexibility index (Phi) is 5.92. The Morgan fingerprint density at radius 1 is 1.24 bits per heavy atom. The van der Waals surface area contributed by atoms with Crippen molar-refractivity contribution in [3.63, 3.8) is 0 Å². The monoisotopic (exact) mass is 420 g/mol. The molecular weight excluding hydrogens is 394 g/mol. The number of carbonyl (C=O) groups excluding carboxylic acids is 1. The highest BCUT2D eigenvalue weighted by Gasteiger charge is 2.40. The third kappa shape index (κ3) is 4.19. The summed E-state index contributed by atoms with van der Waals surface area (Å²) in [6.07, 6.45) is 6.12. The first-order valence-electron chi connectivity index (χ1n) is 10.1. The van der Waals surface area contributed by atoms with Gasteiger partial charge in [0.15, 0.2) is 0 Å². The summed E-state index contributed by atoms with van der Waals surface area (Å²) < 4.78 is 29.1. The third-order valence-electron chi connectivity index (χ3n) is 6.05. The van der Waals surface area contributed by atoms with Gasteiger partial charge in [-0.1, -0.05) is 12.8 Å². The van der Waals surface area contributed by atoms with Crippen LogP contribution in [-0.2, 0) is 7.05 Å². The summed E-state index contributed by atoms with van der Waals surface area (Å²) in [4.78, 5) is 15.6. The average Bonchev–Trinajstić information content (AvgIpc) is 3.34. The molecule has 2 aromatic rings. The summed E-state index contributed by atoms with van der Waals surface area (Å²) in [7, 11) is 1.69. The molecule has 0 spiro atoms. The van der Waals surface area contributed by atoms with E-state index in [1.807, 2.05) is 11.8 Å². The minimum absolute atomic E-state index is 0.0140. The van der Waals surface area contributed by atoms with Crippen molar-refractivity contribution in [2.24, 2.45) is 7.05 Å². The Labute approximate surface area is 173 Å². The van der Waals surface area contributed by atoms with Gasteiger partial charge in [-0.25, -0.2) is 8.78 Å². The van der Waals surface area contributed by atoms with E-state index in [2.05, 4.69) is 15.3 Å². The first-order valence-corrected chi connectivity index (χ1v) is 11.2. The van der Waals surface area contributed by atoms with E-state index in [1.54, 1.807) is 13.2 Å². The minimum atomic E-state index is -0.726. The number of nitrogens with zero attached hydrogens (tertiary/aromatic N) is 3. The van der Waals surface area contributed by atoms with Gasteiger partial charge in [0.25, 0.3) is 5.91 Å². The lowest BCUT2D eigenvalue weighted by atomic mass is 9.94. The topological polar surface area (TPSA) is 50.2 Å². The summed E-state index contributed by atoms with van der Waals surface area (Å²) in [5.74, 6) is 0.611. The Morgan fingerprint density at radius 3 is 2.66 bits per heavy atom. The zero-order valence-corrected chi connectivity index (χ0v) is 17.4. The molecule has 0 unspecified atom stereocenters. The van der Waals surface area contributed by atoms with Gasteiger partial charge in [0, 0.05) is 61.6 Å². The van der Waals surface area contributed by atoms with Gasteiger partial charge in [0.05, 0.1) is 5.56 Å². The molecule has 1 saturated heterocycles. The van der Waals surface area contributed by atoms with E-state index in [9.17, 15) is 13.6 Å². The predicted octanol–water partition coefficient (Wildman–Crippen LogP) is 3.46. The van der Waals surface area contributed by atoms with Crippen molar-refractivity contribution in [2.75, 3.05) is 31.1 Å². The molecule has 1 aliphatic heterocycles. The molecule has 0 atom stereocenters. The van der Waals surface area contributed by atoms with Crippen LogP contribution in [0.25, 0.3) is 11.3 Å². The second-order valence-electron chi connectivity index (χ2n) is 7.90. The van der Waals surface area contributed by atoms with Gasteiger partial charge in [0.1, 0.15) is 17.3 Å². The fourth-order valence-corrected chi connectivity index (χ4v) is 5.45. The van der Waals surface area contributed by atoms with Crippen LogP contribution in [0.4, 0.5) is 8.78 Å². The highest BCUT2D eigenvalue weighted by atomic mass is 32.2. The number of nitrogens with one attached hydrogen (secondary N) is 1. The lowest BCUT2D eigenvalue weighted by Gasteiger charge is -2.43. The second kappa shape index (κ2) is 8.44. The van der Waals surface area contributed by atoms with Gasteiger partial charge >= 0.3 is 0 Å². The van der Waals surface area contributed by atoms with Crippen molar-refractivity contribution in [3.8, 4) is 11.3 Å². The van der Waals surface area contributed by atoms with Gasteiger partial charge in [0.2, 0.25) is 0 Å². The van der Waals surface area contributed by atoms with Crippen molar-refractivity contribution in [1.29, 1.82) is 0 Å². The van der Waals surface area contributed by atoms with Gasteiger partial charge in [-0.2, -0.15) is 16.9 Å². The van der Waals surface area contributed by atoms with Crippen LogP contribution in [0.5, 0.6) is 0 Å². The van der Waals surface area contributed by atoms with Gasteiger partial charge in [-0.05, 0) is 25.0 Å². The van der Waals surface area contributed by atoms with Gasteiger partial charge in [-0.15, -0.1) is 0 Å². The van der Waals surface area contributed by atoms with Crippen molar-refractivity contribution in [3.05, 3.63) is 41.6 Å². The number of thioether (sulfide) groups is 1. The molecule has 0 bridgehead atoms. The first kappa shape index (κ1) is 20.3. The lowest BCUT2D eigenvalue weighted by molar-refractivity contribution is 0.0818. The molecule has 1 saturated carbocycles. The highest BCUT2D eigenvalue weighted by Crippen LogP contribution is 2.36.